The summed E-state index contributed by atoms with van der Waals surface area (Å²) in [6.07, 6.45) is 0. The van der Waals surface area contributed by atoms with Gasteiger partial charge < -0.3 is 10.2 Å². The fourth-order valence-corrected chi connectivity index (χ4v) is 1.24. The molecule has 0 aromatic carbocycles. The smallest absolute Gasteiger partial charge is 0.273 e. The number of nitrogens with zero attached hydrogens (tertiary/aromatic N) is 2. The number of hydrogen-bond donors (Lipinski definition) is 1. The van der Waals surface area contributed by atoms with Crippen LogP contribution in [0.3, 0.4) is 0 Å². The van der Waals surface area contributed by atoms with E-state index in [-0.39, 0.29) is 11.6 Å². The summed E-state index contributed by atoms with van der Waals surface area (Å²) >= 11 is 5.91. The van der Waals surface area contributed by atoms with Gasteiger partial charge in [0.1, 0.15) is 11.5 Å². The normalized spacial score (nSPS) is 9.87. The maximum Gasteiger partial charge on any atom is 0.273 e. The van der Waals surface area contributed by atoms with Crippen LogP contribution in [0.1, 0.15) is 17.4 Å². The lowest BCUT2D eigenvalue weighted by Crippen LogP contribution is -2.27. The van der Waals surface area contributed by atoms with Crippen LogP contribution in [0.2, 0.25) is 5.02 Å². The van der Waals surface area contributed by atoms with Crippen molar-refractivity contribution in [2.75, 3.05) is 26.0 Å². The van der Waals surface area contributed by atoms with Crippen LogP contribution in [0.4, 0.5) is 5.82 Å². The Kier molecular flexibility index (Phi) is 3.91. The zero-order chi connectivity index (χ0) is 11.4. The van der Waals surface area contributed by atoms with E-state index in [1.165, 1.54) is 0 Å². The number of hydrogen-bond acceptors (Lipinski definition) is 3. The van der Waals surface area contributed by atoms with Gasteiger partial charge in [0.05, 0.1) is 5.02 Å². The van der Waals surface area contributed by atoms with E-state index in [0.717, 1.165) is 0 Å². The maximum absolute atomic E-state index is 11.8. The molecule has 1 aromatic rings. The molecule has 0 saturated carbocycles. The zero-order valence-corrected chi connectivity index (χ0v) is 9.80. The molecule has 0 aliphatic rings. The molecule has 1 rings (SSSR count). The lowest BCUT2D eigenvalue weighted by Gasteiger charge is -2.15. The molecule has 0 bridgehead atoms. The van der Waals surface area contributed by atoms with Crippen molar-refractivity contribution in [2.45, 2.75) is 6.92 Å². The van der Waals surface area contributed by atoms with E-state index in [1.807, 2.05) is 6.92 Å². The lowest BCUT2D eigenvalue weighted by molar-refractivity contribution is 0.0797. The Hall–Kier alpha value is -1.29. The summed E-state index contributed by atoms with van der Waals surface area (Å²) in [4.78, 5) is 17.5. The number of pyridine rings is 1. The van der Waals surface area contributed by atoms with Gasteiger partial charge in [-0.05, 0) is 19.1 Å². The van der Waals surface area contributed by atoms with Crippen LogP contribution < -0.4 is 5.32 Å². The van der Waals surface area contributed by atoms with Crippen molar-refractivity contribution in [3.05, 3.63) is 22.8 Å². The van der Waals surface area contributed by atoms with Crippen molar-refractivity contribution in [3.63, 3.8) is 0 Å². The summed E-state index contributed by atoms with van der Waals surface area (Å²) in [5.74, 6) is 0.465. The van der Waals surface area contributed by atoms with Gasteiger partial charge in [0.25, 0.3) is 5.91 Å². The molecule has 1 aromatic heterocycles. The van der Waals surface area contributed by atoms with Crippen LogP contribution in [-0.2, 0) is 0 Å². The summed E-state index contributed by atoms with van der Waals surface area (Å²) in [5.41, 5.74) is 0.285. The van der Waals surface area contributed by atoms with Crippen molar-refractivity contribution in [2.24, 2.45) is 0 Å². The van der Waals surface area contributed by atoms with Crippen molar-refractivity contribution >= 4 is 23.3 Å². The third kappa shape index (κ3) is 2.59. The van der Waals surface area contributed by atoms with Gasteiger partial charge in [-0.2, -0.15) is 0 Å². The first-order valence-corrected chi connectivity index (χ1v) is 5.07. The fraction of sp³-hybridized carbons (Fsp3) is 0.400. The van der Waals surface area contributed by atoms with E-state index in [1.54, 1.807) is 31.1 Å². The second kappa shape index (κ2) is 4.98. The lowest BCUT2D eigenvalue weighted by atomic mass is 10.3. The molecule has 0 unspecified atom stereocenters. The minimum Gasteiger partial charge on any atom is -0.373 e. The summed E-state index contributed by atoms with van der Waals surface area (Å²) in [6.45, 7) is 2.52. The van der Waals surface area contributed by atoms with Gasteiger partial charge in [0.2, 0.25) is 0 Å². The van der Waals surface area contributed by atoms with E-state index >= 15 is 0 Å². The minimum absolute atomic E-state index is 0.167. The number of aromatic nitrogens is 1. The first-order chi connectivity index (χ1) is 7.10. The highest BCUT2D eigenvalue weighted by atomic mass is 35.5. The molecule has 0 saturated heterocycles. The second-order valence-corrected chi connectivity index (χ2v) is 3.50. The quantitative estimate of drug-likeness (QED) is 0.858. The minimum atomic E-state index is -0.167. The van der Waals surface area contributed by atoms with Gasteiger partial charge in [0.15, 0.2) is 0 Å². The molecule has 82 valence electrons. The van der Waals surface area contributed by atoms with Gasteiger partial charge in [-0.3, -0.25) is 4.79 Å². The summed E-state index contributed by atoms with van der Waals surface area (Å²) in [7, 11) is 3.46. The highest BCUT2D eigenvalue weighted by molar-refractivity contribution is 6.33. The van der Waals surface area contributed by atoms with Crippen LogP contribution in [0.25, 0.3) is 0 Å². The van der Waals surface area contributed by atoms with Gasteiger partial charge in [-0.1, -0.05) is 11.6 Å². The molecule has 0 spiro atoms. The van der Waals surface area contributed by atoms with Gasteiger partial charge >= 0.3 is 0 Å². The van der Waals surface area contributed by atoms with Crippen LogP contribution in [-0.4, -0.2) is 36.4 Å². The monoisotopic (exact) mass is 227 g/mol. The van der Waals surface area contributed by atoms with Gasteiger partial charge in [-0.15, -0.1) is 0 Å². The van der Waals surface area contributed by atoms with Gasteiger partial charge in [-0.25, -0.2) is 4.98 Å². The number of amides is 1. The third-order valence-corrected chi connectivity index (χ3v) is 2.43. The summed E-state index contributed by atoms with van der Waals surface area (Å²) in [5, 5.41) is 3.24. The molecule has 0 fully saturated rings. The number of carbonyl (C=O) groups excluding carboxylic acids is 1. The number of carbonyl (C=O) groups is 1. The van der Waals surface area contributed by atoms with E-state index < -0.39 is 0 Å². The molecule has 1 amide bonds. The van der Waals surface area contributed by atoms with Crippen LogP contribution in [0.15, 0.2) is 12.1 Å². The van der Waals surface area contributed by atoms with E-state index in [4.69, 9.17) is 11.6 Å². The Morgan fingerprint density at radius 1 is 1.60 bits per heavy atom. The Morgan fingerprint density at radius 3 is 2.80 bits per heavy atom. The van der Waals surface area contributed by atoms with Crippen molar-refractivity contribution in [1.82, 2.24) is 9.88 Å². The molecule has 1 N–H and O–H groups in total. The highest BCUT2D eigenvalue weighted by Gasteiger charge is 2.15. The average Bonchev–Trinajstić information content (AvgIpc) is 2.27. The van der Waals surface area contributed by atoms with Crippen LogP contribution in [0, 0.1) is 0 Å². The predicted molar refractivity (Wildman–Crippen MR) is 61.4 cm³/mol. The van der Waals surface area contributed by atoms with Crippen molar-refractivity contribution in [3.8, 4) is 0 Å². The van der Waals surface area contributed by atoms with Crippen molar-refractivity contribution in [1.29, 1.82) is 0 Å². The first-order valence-electron chi connectivity index (χ1n) is 4.70. The second-order valence-electron chi connectivity index (χ2n) is 3.10. The van der Waals surface area contributed by atoms with Gasteiger partial charge in [0, 0.05) is 20.6 Å². The first kappa shape index (κ1) is 11.8. The van der Waals surface area contributed by atoms with E-state index in [0.29, 0.717) is 17.4 Å². The average molecular weight is 228 g/mol. The van der Waals surface area contributed by atoms with Crippen LogP contribution in [0.5, 0.6) is 0 Å². The Labute approximate surface area is 94.3 Å². The summed E-state index contributed by atoms with van der Waals surface area (Å²) in [6, 6.07) is 3.39. The number of anilines is 1. The summed E-state index contributed by atoms with van der Waals surface area (Å²) < 4.78 is 0. The standard InChI is InChI=1S/C10H14ClN3O/c1-4-14(3)10(15)9-7(11)5-6-8(12-2)13-9/h5-6H,4H2,1-3H3,(H,12,13). The molecule has 1 heterocycles. The SMILES string of the molecule is CCN(C)C(=O)c1nc(NC)ccc1Cl. The Morgan fingerprint density at radius 2 is 2.27 bits per heavy atom. The van der Waals surface area contributed by atoms with E-state index in [9.17, 15) is 4.79 Å². The molecule has 0 aliphatic carbocycles. The largest absolute Gasteiger partial charge is 0.373 e. The number of rotatable bonds is 3. The molecule has 0 atom stereocenters. The number of nitrogens with one attached hydrogen (secondary N) is 1. The molecule has 0 aliphatic heterocycles. The number of halogens is 1. The van der Waals surface area contributed by atoms with Crippen LogP contribution >= 0.6 is 11.6 Å². The fourth-order valence-electron chi connectivity index (χ4n) is 1.06. The molecule has 5 heteroatoms. The molecule has 4 nitrogen and oxygen atoms in total. The molecule has 15 heavy (non-hydrogen) atoms. The Bertz CT molecular complexity index is 368. The molecular weight excluding hydrogens is 214 g/mol. The zero-order valence-electron chi connectivity index (χ0n) is 9.04. The Balaban J connectivity index is 3.07. The predicted octanol–water partition coefficient (Wildman–Crippen LogP) is 1.87. The van der Waals surface area contributed by atoms with E-state index in [2.05, 4.69) is 10.3 Å². The highest BCUT2D eigenvalue weighted by Crippen LogP contribution is 2.17. The van der Waals surface area contributed by atoms with Crippen molar-refractivity contribution < 1.29 is 4.79 Å². The molecule has 0 radical (unpaired) electrons. The third-order valence-electron chi connectivity index (χ3n) is 2.13. The molecular formula is C10H14ClN3O. The topological polar surface area (TPSA) is 45.2 Å². The maximum atomic E-state index is 11.8.